The maximum absolute atomic E-state index is 13.8. The third-order valence-electron chi connectivity index (χ3n) is 3.91. The highest BCUT2D eigenvalue weighted by molar-refractivity contribution is 9.10. The monoisotopic (exact) mass is 496 g/mol. The summed E-state index contributed by atoms with van der Waals surface area (Å²) in [6.07, 6.45) is 1.08. The summed E-state index contributed by atoms with van der Waals surface area (Å²) in [4.78, 5) is 0. The van der Waals surface area contributed by atoms with Gasteiger partial charge in [-0.2, -0.15) is 0 Å². The standard InChI is InChI=1S/C20H26BrFN2O2.2ClH/c1-3-23-9-6-10-24-13-15-11-17(21)20(19(12-15)25-2)26-14-16-7-4-5-8-18(16)22;;/h4-5,7-8,11-12,23-24H,3,6,9-10,13-14H2,1-2H3;2*1H. The van der Waals surface area contributed by atoms with Gasteiger partial charge in [0.2, 0.25) is 0 Å². The Morgan fingerprint density at radius 1 is 1.07 bits per heavy atom. The molecule has 0 heterocycles. The summed E-state index contributed by atoms with van der Waals surface area (Å²) in [5.41, 5.74) is 1.60. The molecule has 2 rings (SSSR count). The molecule has 0 radical (unpaired) electrons. The summed E-state index contributed by atoms with van der Waals surface area (Å²) >= 11 is 3.54. The molecule has 8 heteroatoms. The fourth-order valence-corrected chi connectivity index (χ4v) is 3.13. The molecule has 0 saturated heterocycles. The summed E-state index contributed by atoms with van der Waals surface area (Å²) < 4.78 is 25.8. The molecule has 0 bridgehead atoms. The molecule has 0 fully saturated rings. The number of nitrogens with one attached hydrogen (secondary N) is 2. The molecule has 2 aromatic rings. The SMILES string of the molecule is CCNCCCNCc1cc(Br)c(OCc2ccccc2F)c(OC)c1.Cl.Cl. The Kier molecular flexibility index (Phi) is 14.3. The van der Waals surface area contributed by atoms with E-state index in [1.54, 1.807) is 25.3 Å². The van der Waals surface area contributed by atoms with Crippen LogP contribution in [0.1, 0.15) is 24.5 Å². The van der Waals surface area contributed by atoms with E-state index >= 15 is 0 Å². The zero-order chi connectivity index (χ0) is 18.8. The second-order valence-electron chi connectivity index (χ2n) is 5.87. The first kappa shape index (κ1) is 27.0. The van der Waals surface area contributed by atoms with E-state index < -0.39 is 0 Å². The lowest BCUT2D eigenvalue weighted by atomic mass is 10.2. The number of methoxy groups -OCH3 is 1. The second kappa shape index (κ2) is 14.9. The maximum Gasteiger partial charge on any atom is 0.175 e. The lowest BCUT2D eigenvalue weighted by Gasteiger charge is -2.15. The van der Waals surface area contributed by atoms with Crippen molar-refractivity contribution in [3.05, 3.63) is 57.8 Å². The molecule has 28 heavy (non-hydrogen) atoms. The van der Waals surface area contributed by atoms with Crippen molar-refractivity contribution < 1.29 is 13.9 Å². The fraction of sp³-hybridized carbons (Fsp3) is 0.400. The zero-order valence-corrected chi connectivity index (χ0v) is 19.3. The van der Waals surface area contributed by atoms with Gasteiger partial charge in [-0.3, -0.25) is 0 Å². The quantitative estimate of drug-likeness (QED) is 0.423. The predicted molar refractivity (Wildman–Crippen MR) is 121 cm³/mol. The molecule has 4 nitrogen and oxygen atoms in total. The minimum Gasteiger partial charge on any atom is -0.493 e. The number of rotatable bonds is 11. The summed E-state index contributed by atoms with van der Waals surface area (Å²) in [6, 6.07) is 10.5. The van der Waals surface area contributed by atoms with Gasteiger partial charge in [-0.05, 0) is 65.7 Å². The van der Waals surface area contributed by atoms with Crippen LogP contribution in [0.4, 0.5) is 4.39 Å². The summed E-state index contributed by atoms with van der Waals surface area (Å²) in [5, 5.41) is 6.72. The minimum atomic E-state index is -0.277. The van der Waals surface area contributed by atoms with Crippen LogP contribution in [0.5, 0.6) is 11.5 Å². The average Bonchev–Trinajstić information content (AvgIpc) is 2.64. The van der Waals surface area contributed by atoms with Crippen LogP contribution < -0.4 is 20.1 Å². The van der Waals surface area contributed by atoms with E-state index in [0.717, 1.165) is 42.6 Å². The van der Waals surface area contributed by atoms with E-state index in [1.165, 1.54) is 6.07 Å². The Hall–Kier alpha value is -1.05. The molecular formula is C20H28BrCl2FN2O2. The van der Waals surface area contributed by atoms with Gasteiger partial charge in [0, 0.05) is 12.1 Å². The lowest BCUT2D eigenvalue weighted by Crippen LogP contribution is -2.21. The number of hydrogen-bond acceptors (Lipinski definition) is 4. The Morgan fingerprint density at radius 3 is 2.46 bits per heavy atom. The number of benzene rings is 2. The van der Waals surface area contributed by atoms with Crippen LogP contribution in [0.2, 0.25) is 0 Å². The van der Waals surface area contributed by atoms with Crippen molar-refractivity contribution in [1.82, 2.24) is 10.6 Å². The fourth-order valence-electron chi connectivity index (χ4n) is 2.53. The van der Waals surface area contributed by atoms with Gasteiger partial charge < -0.3 is 20.1 Å². The average molecular weight is 498 g/mol. The van der Waals surface area contributed by atoms with Gasteiger partial charge in [-0.25, -0.2) is 4.39 Å². The predicted octanol–water partition coefficient (Wildman–Crippen LogP) is 5.11. The Balaban J connectivity index is 0.00000364. The minimum absolute atomic E-state index is 0. The molecule has 0 saturated carbocycles. The van der Waals surface area contributed by atoms with Crippen molar-refractivity contribution in [2.45, 2.75) is 26.5 Å². The lowest BCUT2D eigenvalue weighted by molar-refractivity contribution is 0.277. The zero-order valence-electron chi connectivity index (χ0n) is 16.1. The van der Waals surface area contributed by atoms with Gasteiger partial charge in [0.1, 0.15) is 12.4 Å². The van der Waals surface area contributed by atoms with E-state index in [2.05, 4.69) is 33.5 Å². The Morgan fingerprint density at radius 2 is 1.79 bits per heavy atom. The van der Waals surface area contributed by atoms with E-state index in [-0.39, 0.29) is 37.2 Å². The summed E-state index contributed by atoms with van der Waals surface area (Å²) in [7, 11) is 1.60. The van der Waals surface area contributed by atoms with Gasteiger partial charge in [0.05, 0.1) is 11.6 Å². The first-order valence-corrected chi connectivity index (χ1v) is 9.59. The van der Waals surface area contributed by atoms with Gasteiger partial charge in [-0.15, -0.1) is 24.8 Å². The number of halogens is 4. The maximum atomic E-state index is 13.8. The largest absolute Gasteiger partial charge is 0.493 e. The Bertz CT molecular complexity index is 708. The highest BCUT2D eigenvalue weighted by atomic mass is 79.9. The molecule has 0 aromatic heterocycles. The molecule has 2 N–H and O–H groups in total. The molecule has 0 aliphatic heterocycles. The van der Waals surface area contributed by atoms with E-state index in [0.29, 0.717) is 17.1 Å². The Labute approximate surface area is 187 Å². The molecule has 0 aliphatic rings. The normalized spacial score (nSPS) is 10.0. The first-order chi connectivity index (χ1) is 12.7. The third-order valence-corrected chi connectivity index (χ3v) is 4.49. The molecule has 0 aliphatic carbocycles. The van der Waals surface area contributed by atoms with Crippen LogP contribution in [0.3, 0.4) is 0 Å². The highest BCUT2D eigenvalue weighted by Gasteiger charge is 2.13. The van der Waals surface area contributed by atoms with Crippen LogP contribution in [0, 0.1) is 5.82 Å². The number of hydrogen-bond donors (Lipinski definition) is 2. The molecule has 2 aromatic carbocycles. The highest BCUT2D eigenvalue weighted by Crippen LogP contribution is 2.37. The van der Waals surface area contributed by atoms with Crippen LogP contribution >= 0.6 is 40.7 Å². The van der Waals surface area contributed by atoms with Crippen molar-refractivity contribution in [3.63, 3.8) is 0 Å². The molecule has 0 spiro atoms. The molecule has 0 unspecified atom stereocenters. The van der Waals surface area contributed by atoms with Crippen LogP contribution in [-0.4, -0.2) is 26.7 Å². The smallest absolute Gasteiger partial charge is 0.175 e. The third kappa shape index (κ3) is 8.53. The number of ether oxygens (including phenoxy) is 2. The summed E-state index contributed by atoms with van der Waals surface area (Å²) in [6.45, 7) is 5.95. The van der Waals surface area contributed by atoms with E-state index in [4.69, 9.17) is 9.47 Å². The van der Waals surface area contributed by atoms with Crippen LogP contribution in [0.15, 0.2) is 40.9 Å². The van der Waals surface area contributed by atoms with Crippen molar-refractivity contribution in [2.75, 3.05) is 26.7 Å². The van der Waals surface area contributed by atoms with E-state index in [1.807, 2.05) is 12.1 Å². The van der Waals surface area contributed by atoms with Crippen molar-refractivity contribution in [2.24, 2.45) is 0 Å². The van der Waals surface area contributed by atoms with Gasteiger partial charge in [0.15, 0.2) is 11.5 Å². The molecule has 158 valence electrons. The molecular weight excluding hydrogens is 470 g/mol. The van der Waals surface area contributed by atoms with E-state index in [9.17, 15) is 4.39 Å². The van der Waals surface area contributed by atoms with Crippen LogP contribution in [-0.2, 0) is 13.2 Å². The second-order valence-corrected chi connectivity index (χ2v) is 6.73. The molecule has 0 atom stereocenters. The topological polar surface area (TPSA) is 42.5 Å². The van der Waals surface area contributed by atoms with Crippen molar-refractivity contribution in [1.29, 1.82) is 0 Å². The first-order valence-electron chi connectivity index (χ1n) is 8.79. The van der Waals surface area contributed by atoms with Crippen molar-refractivity contribution in [3.8, 4) is 11.5 Å². The van der Waals surface area contributed by atoms with Gasteiger partial charge in [0.25, 0.3) is 0 Å². The van der Waals surface area contributed by atoms with Crippen LogP contribution in [0.25, 0.3) is 0 Å². The van der Waals surface area contributed by atoms with Crippen molar-refractivity contribution >= 4 is 40.7 Å². The van der Waals surface area contributed by atoms with Gasteiger partial charge >= 0.3 is 0 Å². The molecule has 0 amide bonds. The summed E-state index contributed by atoms with van der Waals surface area (Å²) in [5.74, 6) is 0.924. The van der Waals surface area contributed by atoms with Gasteiger partial charge in [-0.1, -0.05) is 25.1 Å².